The number of benzene rings is 9. The van der Waals surface area contributed by atoms with Gasteiger partial charge >= 0.3 is 0 Å². The summed E-state index contributed by atoms with van der Waals surface area (Å²) in [6, 6.07) is 69.6. The van der Waals surface area contributed by atoms with E-state index in [1.165, 1.54) is 65.3 Å². The Morgan fingerprint density at radius 1 is 0.357 bits per heavy atom. The van der Waals surface area contributed by atoms with E-state index in [0.29, 0.717) is 5.82 Å². The number of aromatic nitrogens is 4. The molecular formula is C52H32N4. The fourth-order valence-electron chi connectivity index (χ4n) is 8.98. The predicted octanol–water partition coefficient (Wildman–Crippen LogP) is 13.5. The van der Waals surface area contributed by atoms with Crippen molar-refractivity contribution in [1.82, 2.24) is 19.1 Å². The molecule has 12 aromatic rings. The molecule has 4 nitrogen and oxygen atoms in total. The summed E-state index contributed by atoms with van der Waals surface area (Å²) in [5, 5.41) is 10.8. The van der Waals surface area contributed by atoms with Gasteiger partial charge in [-0.1, -0.05) is 127 Å². The van der Waals surface area contributed by atoms with Gasteiger partial charge in [-0.15, -0.1) is 0 Å². The van der Waals surface area contributed by atoms with Gasteiger partial charge in [0.2, 0.25) is 0 Å². The van der Waals surface area contributed by atoms with Crippen molar-refractivity contribution in [3.63, 3.8) is 0 Å². The van der Waals surface area contributed by atoms with Gasteiger partial charge in [-0.3, -0.25) is 0 Å². The number of nitrogens with zero attached hydrogens (tertiary/aromatic N) is 4. The molecule has 0 aliphatic carbocycles. The molecule has 9 aromatic carbocycles. The number of rotatable bonds is 4. The van der Waals surface area contributed by atoms with Gasteiger partial charge in [0.05, 0.1) is 39.0 Å². The minimum Gasteiger partial charge on any atom is -0.309 e. The van der Waals surface area contributed by atoms with Gasteiger partial charge in [0.25, 0.3) is 0 Å². The molecule has 0 saturated heterocycles. The highest BCUT2D eigenvalue weighted by Gasteiger charge is 2.21. The maximum absolute atomic E-state index is 5.29. The number of para-hydroxylation sites is 3. The summed E-state index contributed by atoms with van der Waals surface area (Å²) < 4.78 is 4.86. The molecule has 3 heterocycles. The van der Waals surface area contributed by atoms with E-state index in [9.17, 15) is 0 Å². The zero-order chi connectivity index (χ0) is 36.7. The molecule has 12 rings (SSSR count). The van der Waals surface area contributed by atoms with Crippen molar-refractivity contribution in [3.05, 3.63) is 194 Å². The highest BCUT2D eigenvalue weighted by atomic mass is 15.0. The smallest absolute Gasteiger partial charge is 0.160 e. The van der Waals surface area contributed by atoms with E-state index in [2.05, 4.69) is 203 Å². The van der Waals surface area contributed by atoms with Crippen molar-refractivity contribution in [3.8, 4) is 34.0 Å². The lowest BCUT2D eigenvalue weighted by molar-refractivity contribution is 1.17. The summed E-state index contributed by atoms with van der Waals surface area (Å²) >= 11 is 0. The van der Waals surface area contributed by atoms with E-state index < -0.39 is 0 Å². The summed E-state index contributed by atoms with van der Waals surface area (Å²) in [4.78, 5) is 10.4. The first-order valence-corrected chi connectivity index (χ1v) is 19.1. The zero-order valence-corrected chi connectivity index (χ0v) is 30.3. The monoisotopic (exact) mass is 712 g/mol. The maximum atomic E-state index is 5.29. The highest BCUT2D eigenvalue weighted by Crippen LogP contribution is 2.41. The lowest BCUT2D eigenvalue weighted by atomic mass is 9.99. The fraction of sp³-hybridized carbons (Fsp3) is 0. The van der Waals surface area contributed by atoms with E-state index in [1.807, 2.05) is 0 Å². The van der Waals surface area contributed by atoms with Gasteiger partial charge in [0.1, 0.15) is 0 Å². The zero-order valence-electron chi connectivity index (χ0n) is 30.3. The van der Waals surface area contributed by atoms with Crippen LogP contribution in [0.5, 0.6) is 0 Å². The third kappa shape index (κ3) is 4.53. The summed E-state index contributed by atoms with van der Waals surface area (Å²) in [6.07, 6.45) is 0. The van der Waals surface area contributed by atoms with Crippen molar-refractivity contribution in [2.24, 2.45) is 0 Å². The molecule has 0 unspecified atom stereocenters. The molecule has 0 amide bonds. The molecule has 0 fully saturated rings. The lowest BCUT2D eigenvalue weighted by Gasteiger charge is -2.13. The molecule has 0 saturated carbocycles. The Bertz CT molecular complexity index is 3480. The van der Waals surface area contributed by atoms with Crippen LogP contribution in [0.25, 0.3) is 110 Å². The van der Waals surface area contributed by atoms with Crippen LogP contribution in [0.2, 0.25) is 0 Å². The van der Waals surface area contributed by atoms with Crippen molar-refractivity contribution in [2.75, 3.05) is 0 Å². The standard InChI is InChI=1S/C52H32N4/c1-2-15-36-32-49-43(31-35(36)14-1)50-47(25-12-26-48(50)56-45-23-9-6-18-39(45)40-19-7-10-24-46(40)56)55(49)37-29-27-34(28-30-37)52-53-44-22-8-5-20-42(44)51(54-52)41-21-11-16-33-13-3-4-17-38(33)41/h1-32H. The van der Waals surface area contributed by atoms with E-state index in [4.69, 9.17) is 9.97 Å². The average Bonchev–Trinajstić information content (AvgIpc) is 3.77. The first-order chi connectivity index (χ1) is 27.8. The van der Waals surface area contributed by atoms with Gasteiger partial charge < -0.3 is 9.13 Å². The molecule has 0 atom stereocenters. The summed E-state index contributed by atoms with van der Waals surface area (Å²) in [5.74, 6) is 0.708. The second-order valence-electron chi connectivity index (χ2n) is 14.6. The molecule has 4 heteroatoms. The highest BCUT2D eigenvalue weighted by molar-refractivity contribution is 6.19. The topological polar surface area (TPSA) is 35.6 Å². The number of hydrogen-bond acceptors (Lipinski definition) is 2. The number of hydrogen-bond donors (Lipinski definition) is 0. The van der Waals surface area contributed by atoms with Crippen molar-refractivity contribution in [1.29, 1.82) is 0 Å². The molecule has 56 heavy (non-hydrogen) atoms. The van der Waals surface area contributed by atoms with Gasteiger partial charge in [-0.25, -0.2) is 9.97 Å². The van der Waals surface area contributed by atoms with Gasteiger partial charge in [0, 0.05) is 43.7 Å². The van der Waals surface area contributed by atoms with Crippen LogP contribution in [-0.2, 0) is 0 Å². The van der Waals surface area contributed by atoms with Gasteiger partial charge in [0.15, 0.2) is 5.82 Å². The van der Waals surface area contributed by atoms with Gasteiger partial charge in [-0.05, 0) is 88.3 Å². The third-order valence-electron chi connectivity index (χ3n) is 11.5. The predicted molar refractivity (Wildman–Crippen MR) is 234 cm³/mol. The van der Waals surface area contributed by atoms with E-state index in [1.54, 1.807) is 0 Å². The Labute approximate surface area is 322 Å². The largest absolute Gasteiger partial charge is 0.309 e. The summed E-state index contributed by atoms with van der Waals surface area (Å²) in [7, 11) is 0. The second-order valence-corrected chi connectivity index (χ2v) is 14.6. The molecule has 3 aromatic heterocycles. The Hall–Kier alpha value is -7.56. The molecule has 0 N–H and O–H groups in total. The summed E-state index contributed by atoms with van der Waals surface area (Å²) in [5.41, 5.74) is 10.9. The van der Waals surface area contributed by atoms with E-state index >= 15 is 0 Å². The number of fused-ring (bicyclic) bond motifs is 9. The Morgan fingerprint density at radius 3 is 1.71 bits per heavy atom. The van der Waals surface area contributed by atoms with E-state index in [0.717, 1.165) is 38.9 Å². The van der Waals surface area contributed by atoms with Crippen LogP contribution in [0.4, 0.5) is 0 Å². The third-order valence-corrected chi connectivity index (χ3v) is 11.5. The van der Waals surface area contributed by atoms with Crippen LogP contribution in [-0.4, -0.2) is 19.1 Å². The molecule has 0 aliphatic rings. The SMILES string of the molecule is c1ccc2cc3c(cc2c1)c1c(-n2c4ccccc4c4ccccc42)cccc1n3-c1ccc(-c2nc(-c3cccc4ccccc34)c3ccccc3n2)cc1. The quantitative estimate of drug-likeness (QED) is 0.182. The average molecular weight is 713 g/mol. The first-order valence-electron chi connectivity index (χ1n) is 19.1. The molecular weight excluding hydrogens is 681 g/mol. The minimum atomic E-state index is 0.708. The molecule has 260 valence electrons. The Kier molecular flexibility index (Phi) is 6.60. The molecule has 0 spiro atoms. The van der Waals surface area contributed by atoms with Gasteiger partial charge in [-0.2, -0.15) is 0 Å². The molecule has 0 radical (unpaired) electrons. The lowest BCUT2D eigenvalue weighted by Crippen LogP contribution is -1.98. The second kappa shape index (κ2) is 12.0. The maximum Gasteiger partial charge on any atom is 0.160 e. The van der Waals surface area contributed by atoms with Crippen molar-refractivity contribution >= 4 is 76.1 Å². The van der Waals surface area contributed by atoms with E-state index in [-0.39, 0.29) is 0 Å². The minimum absolute atomic E-state index is 0.708. The van der Waals surface area contributed by atoms with Crippen molar-refractivity contribution < 1.29 is 0 Å². The first kappa shape index (κ1) is 30.9. The van der Waals surface area contributed by atoms with Crippen LogP contribution >= 0.6 is 0 Å². The Morgan fingerprint density at radius 2 is 0.946 bits per heavy atom. The molecule has 0 aliphatic heterocycles. The van der Waals surface area contributed by atoms with Crippen LogP contribution in [0, 0.1) is 0 Å². The van der Waals surface area contributed by atoms with Crippen LogP contribution in [0.15, 0.2) is 194 Å². The normalized spacial score (nSPS) is 11.9. The molecule has 0 bridgehead atoms. The van der Waals surface area contributed by atoms with Crippen LogP contribution < -0.4 is 0 Å². The van der Waals surface area contributed by atoms with Crippen LogP contribution in [0.3, 0.4) is 0 Å². The fourth-order valence-corrected chi connectivity index (χ4v) is 8.98. The summed E-state index contributed by atoms with van der Waals surface area (Å²) in [6.45, 7) is 0. The Balaban J connectivity index is 1.08. The van der Waals surface area contributed by atoms with Crippen molar-refractivity contribution in [2.45, 2.75) is 0 Å². The van der Waals surface area contributed by atoms with Crippen LogP contribution in [0.1, 0.15) is 0 Å².